The predicted octanol–water partition coefficient (Wildman–Crippen LogP) is 1.53. The molecule has 0 N–H and O–H groups in total. The third-order valence-electron chi connectivity index (χ3n) is 6.47. The van der Waals surface area contributed by atoms with Crippen molar-refractivity contribution in [3.63, 3.8) is 0 Å². The van der Waals surface area contributed by atoms with E-state index in [1.54, 1.807) is 6.20 Å². The van der Waals surface area contributed by atoms with Crippen LogP contribution in [0.25, 0.3) is 0 Å². The molecule has 7 heteroatoms. The lowest BCUT2D eigenvalue weighted by molar-refractivity contribution is -0.146. The van der Waals surface area contributed by atoms with E-state index in [0.717, 1.165) is 57.3 Å². The normalized spacial score (nSPS) is 23.4. The van der Waals surface area contributed by atoms with Crippen LogP contribution in [-0.4, -0.2) is 83.5 Å². The molecule has 7 nitrogen and oxygen atoms in total. The highest BCUT2D eigenvalue weighted by Gasteiger charge is 2.36. The molecule has 0 bridgehead atoms. The first-order chi connectivity index (χ1) is 14.2. The zero-order valence-corrected chi connectivity index (χ0v) is 17.2. The standard InChI is InChI=1S/C22H32N4O3/c27-21(17-24-10-12-29-13-11-24)25-9-3-7-20(16-25)26(22(28)19-5-1-6-19)15-18-4-2-8-23-14-18/h2,4,8,14,19-20H,1,3,5-7,9-13,15-17H2. The smallest absolute Gasteiger partial charge is 0.236 e. The van der Waals surface area contributed by atoms with E-state index < -0.39 is 0 Å². The number of carbonyl (C=O) groups excluding carboxylic acids is 2. The lowest BCUT2D eigenvalue weighted by atomic mass is 9.83. The molecule has 3 fully saturated rings. The van der Waals surface area contributed by atoms with Crippen LogP contribution in [0.3, 0.4) is 0 Å². The molecule has 1 unspecified atom stereocenters. The number of morpholine rings is 1. The topological polar surface area (TPSA) is 66.0 Å². The first-order valence-corrected chi connectivity index (χ1v) is 11.0. The largest absolute Gasteiger partial charge is 0.379 e. The maximum atomic E-state index is 13.2. The molecule has 0 aromatic carbocycles. The number of amides is 2. The van der Waals surface area contributed by atoms with Gasteiger partial charge in [0, 0.05) is 57.1 Å². The second-order valence-corrected chi connectivity index (χ2v) is 8.48. The summed E-state index contributed by atoms with van der Waals surface area (Å²) in [5.41, 5.74) is 1.05. The highest BCUT2D eigenvalue weighted by Crippen LogP contribution is 2.31. The molecule has 2 aliphatic heterocycles. The molecule has 1 aromatic rings. The highest BCUT2D eigenvalue weighted by molar-refractivity contribution is 5.81. The molecule has 0 radical (unpaired) electrons. The Morgan fingerprint density at radius 1 is 1.14 bits per heavy atom. The van der Waals surface area contributed by atoms with Gasteiger partial charge in [-0.05, 0) is 37.3 Å². The Morgan fingerprint density at radius 2 is 1.97 bits per heavy atom. The number of rotatable bonds is 6. The van der Waals surface area contributed by atoms with Crippen molar-refractivity contribution in [3.05, 3.63) is 30.1 Å². The summed E-state index contributed by atoms with van der Waals surface area (Å²) in [6.45, 7) is 5.50. The Morgan fingerprint density at radius 3 is 2.66 bits per heavy atom. The Bertz CT molecular complexity index is 689. The minimum absolute atomic E-state index is 0.0886. The van der Waals surface area contributed by atoms with Crippen molar-refractivity contribution >= 4 is 11.8 Å². The van der Waals surface area contributed by atoms with Gasteiger partial charge in [0.15, 0.2) is 0 Å². The SMILES string of the molecule is O=C(CN1CCOCC1)N1CCCC(N(Cc2cccnc2)C(=O)C2CCC2)C1. The number of piperidine rings is 1. The van der Waals surface area contributed by atoms with Gasteiger partial charge in [-0.2, -0.15) is 0 Å². The fourth-order valence-electron chi connectivity index (χ4n) is 4.45. The summed E-state index contributed by atoms with van der Waals surface area (Å²) in [4.78, 5) is 36.5. The van der Waals surface area contributed by atoms with Crippen LogP contribution in [0, 0.1) is 5.92 Å². The van der Waals surface area contributed by atoms with Crippen LogP contribution in [0.2, 0.25) is 0 Å². The number of likely N-dealkylation sites (tertiary alicyclic amines) is 1. The summed E-state index contributed by atoms with van der Waals surface area (Å²) in [5.74, 6) is 0.590. The van der Waals surface area contributed by atoms with Crippen molar-refractivity contribution in [2.45, 2.75) is 44.7 Å². The number of pyridine rings is 1. The number of hydrogen-bond donors (Lipinski definition) is 0. The Labute approximate surface area is 173 Å². The second kappa shape index (κ2) is 9.67. The van der Waals surface area contributed by atoms with E-state index in [9.17, 15) is 9.59 Å². The van der Waals surface area contributed by atoms with Gasteiger partial charge in [0.2, 0.25) is 11.8 Å². The maximum absolute atomic E-state index is 13.2. The Balaban J connectivity index is 1.42. The molecule has 1 aliphatic carbocycles. The van der Waals surface area contributed by atoms with Gasteiger partial charge >= 0.3 is 0 Å². The number of hydrogen-bond acceptors (Lipinski definition) is 5. The second-order valence-electron chi connectivity index (χ2n) is 8.48. The third-order valence-corrected chi connectivity index (χ3v) is 6.47. The van der Waals surface area contributed by atoms with Crippen molar-refractivity contribution < 1.29 is 14.3 Å². The molecule has 1 saturated carbocycles. The van der Waals surface area contributed by atoms with Crippen molar-refractivity contribution in [2.24, 2.45) is 5.92 Å². The van der Waals surface area contributed by atoms with Gasteiger partial charge in [-0.15, -0.1) is 0 Å². The van der Waals surface area contributed by atoms with Gasteiger partial charge in [-0.3, -0.25) is 19.5 Å². The number of carbonyl (C=O) groups is 2. The molecule has 2 amide bonds. The van der Waals surface area contributed by atoms with E-state index in [2.05, 4.69) is 9.88 Å². The van der Waals surface area contributed by atoms with Crippen molar-refractivity contribution in [1.82, 2.24) is 19.7 Å². The summed E-state index contributed by atoms with van der Waals surface area (Å²) >= 11 is 0. The van der Waals surface area contributed by atoms with E-state index >= 15 is 0 Å². The number of ether oxygens (including phenoxy) is 1. The minimum Gasteiger partial charge on any atom is -0.379 e. The quantitative estimate of drug-likeness (QED) is 0.725. The van der Waals surface area contributed by atoms with E-state index in [0.29, 0.717) is 32.8 Å². The summed E-state index contributed by atoms with van der Waals surface area (Å²) < 4.78 is 5.38. The van der Waals surface area contributed by atoms with Crippen LogP contribution < -0.4 is 0 Å². The summed E-state index contributed by atoms with van der Waals surface area (Å²) in [6, 6.07) is 4.03. The zero-order chi connectivity index (χ0) is 20.1. The molecule has 3 heterocycles. The first kappa shape index (κ1) is 20.3. The van der Waals surface area contributed by atoms with Crippen LogP contribution in [-0.2, 0) is 20.9 Å². The van der Waals surface area contributed by atoms with E-state index in [1.165, 1.54) is 0 Å². The number of nitrogens with zero attached hydrogens (tertiary/aromatic N) is 4. The van der Waals surface area contributed by atoms with Crippen molar-refractivity contribution in [3.8, 4) is 0 Å². The van der Waals surface area contributed by atoms with Gasteiger partial charge in [0.25, 0.3) is 0 Å². The van der Waals surface area contributed by atoms with Crippen LogP contribution in [0.4, 0.5) is 0 Å². The average Bonchev–Trinajstić information content (AvgIpc) is 2.72. The lowest BCUT2D eigenvalue weighted by Crippen LogP contribution is -2.55. The fraction of sp³-hybridized carbons (Fsp3) is 0.682. The molecular weight excluding hydrogens is 368 g/mol. The molecule has 4 rings (SSSR count). The average molecular weight is 401 g/mol. The minimum atomic E-state index is 0.0886. The van der Waals surface area contributed by atoms with Crippen molar-refractivity contribution in [1.29, 1.82) is 0 Å². The van der Waals surface area contributed by atoms with Crippen LogP contribution in [0.1, 0.15) is 37.7 Å². The predicted molar refractivity (Wildman–Crippen MR) is 109 cm³/mol. The lowest BCUT2D eigenvalue weighted by Gasteiger charge is -2.42. The van der Waals surface area contributed by atoms with E-state index in [1.807, 2.05) is 28.1 Å². The molecule has 158 valence electrons. The van der Waals surface area contributed by atoms with Gasteiger partial charge < -0.3 is 14.5 Å². The summed E-state index contributed by atoms with van der Waals surface area (Å²) in [7, 11) is 0. The monoisotopic (exact) mass is 400 g/mol. The zero-order valence-electron chi connectivity index (χ0n) is 17.2. The maximum Gasteiger partial charge on any atom is 0.236 e. The summed E-state index contributed by atoms with van der Waals surface area (Å²) in [5, 5.41) is 0. The van der Waals surface area contributed by atoms with Gasteiger partial charge in [0.1, 0.15) is 0 Å². The molecule has 1 aromatic heterocycles. The molecule has 3 aliphatic rings. The van der Waals surface area contributed by atoms with Crippen LogP contribution >= 0.6 is 0 Å². The highest BCUT2D eigenvalue weighted by atomic mass is 16.5. The van der Waals surface area contributed by atoms with Gasteiger partial charge in [0.05, 0.1) is 19.8 Å². The molecule has 29 heavy (non-hydrogen) atoms. The van der Waals surface area contributed by atoms with E-state index in [-0.39, 0.29) is 23.8 Å². The fourth-order valence-corrected chi connectivity index (χ4v) is 4.45. The molecule has 0 spiro atoms. The Hall–Kier alpha value is -1.99. The Kier molecular flexibility index (Phi) is 6.77. The summed E-state index contributed by atoms with van der Waals surface area (Å²) in [6.07, 6.45) is 8.63. The van der Waals surface area contributed by atoms with Gasteiger partial charge in [-0.25, -0.2) is 0 Å². The van der Waals surface area contributed by atoms with Crippen molar-refractivity contribution in [2.75, 3.05) is 45.9 Å². The molecular formula is C22H32N4O3. The third kappa shape index (κ3) is 5.14. The molecule has 2 saturated heterocycles. The van der Waals surface area contributed by atoms with Crippen LogP contribution in [0.15, 0.2) is 24.5 Å². The first-order valence-electron chi connectivity index (χ1n) is 11.0. The van der Waals surface area contributed by atoms with E-state index in [4.69, 9.17) is 4.74 Å². The molecule has 1 atom stereocenters. The number of aromatic nitrogens is 1. The van der Waals surface area contributed by atoms with Crippen LogP contribution in [0.5, 0.6) is 0 Å². The van der Waals surface area contributed by atoms with Gasteiger partial charge in [-0.1, -0.05) is 12.5 Å².